The van der Waals surface area contributed by atoms with Gasteiger partial charge in [-0.2, -0.15) is 5.26 Å². The molecule has 0 unspecified atom stereocenters. The molecule has 0 atom stereocenters. The summed E-state index contributed by atoms with van der Waals surface area (Å²) in [4.78, 5) is 8.05. The number of nitrogens with zero attached hydrogens (tertiary/aromatic N) is 4. The van der Waals surface area contributed by atoms with Crippen molar-refractivity contribution in [2.75, 3.05) is 26.1 Å². The second kappa shape index (κ2) is 5.97. The van der Waals surface area contributed by atoms with E-state index in [1.807, 2.05) is 0 Å². The van der Waals surface area contributed by atoms with Crippen molar-refractivity contribution in [2.45, 2.75) is 6.73 Å². The predicted octanol–water partition coefficient (Wildman–Crippen LogP) is 1.27. The fourth-order valence-electron chi connectivity index (χ4n) is 1.68. The number of halogens is 1. The maximum atomic E-state index is 9.20. The van der Waals surface area contributed by atoms with Crippen LogP contribution in [0.25, 0.3) is 11.0 Å². The van der Waals surface area contributed by atoms with Gasteiger partial charge in [-0.1, -0.05) is 0 Å². The minimum absolute atomic E-state index is 0.249. The van der Waals surface area contributed by atoms with Crippen LogP contribution in [0, 0.1) is 11.3 Å². The van der Waals surface area contributed by atoms with E-state index in [1.54, 1.807) is 11.7 Å². The van der Waals surface area contributed by atoms with E-state index < -0.39 is 0 Å². The lowest BCUT2D eigenvalue weighted by molar-refractivity contribution is 0.0350. The van der Waals surface area contributed by atoms with Crippen molar-refractivity contribution in [3.8, 4) is 6.07 Å². The molecular weight excluding hydrogens is 314 g/mol. The number of ether oxygens (including phenoxy) is 2. The Kier molecular flexibility index (Phi) is 4.31. The highest BCUT2D eigenvalue weighted by Crippen LogP contribution is 2.31. The number of nitriles is 1. The van der Waals surface area contributed by atoms with E-state index in [0.717, 1.165) is 0 Å². The molecule has 0 aliphatic rings. The van der Waals surface area contributed by atoms with Gasteiger partial charge in [-0.15, -0.1) is 0 Å². The molecule has 0 fully saturated rings. The van der Waals surface area contributed by atoms with Crippen molar-refractivity contribution in [1.82, 2.24) is 14.5 Å². The molecule has 0 saturated carbocycles. The van der Waals surface area contributed by atoms with Crippen molar-refractivity contribution in [2.24, 2.45) is 0 Å². The summed E-state index contributed by atoms with van der Waals surface area (Å²) in [7, 11) is 1.60. The largest absolute Gasteiger partial charge is 0.383 e. The van der Waals surface area contributed by atoms with Crippen LogP contribution >= 0.6 is 15.9 Å². The highest BCUT2D eigenvalue weighted by molar-refractivity contribution is 9.10. The van der Waals surface area contributed by atoms with Crippen LogP contribution in [-0.2, 0) is 16.2 Å². The smallest absolute Gasteiger partial charge is 0.149 e. The van der Waals surface area contributed by atoms with Crippen molar-refractivity contribution in [1.29, 1.82) is 5.26 Å². The number of nitrogen functional groups attached to an aromatic ring is 1. The third-order valence-corrected chi connectivity index (χ3v) is 3.39. The van der Waals surface area contributed by atoms with E-state index >= 15 is 0 Å². The molecule has 0 radical (unpaired) electrons. The minimum atomic E-state index is 0.249. The first-order valence-corrected chi connectivity index (χ1v) is 6.25. The normalized spacial score (nSPS) is 10.8. The summed E-state index contributed by atoms with van der Waals surface area (Å²) < 4.78 is 12.6. The maximum absolute atomic E-state index is 9.20. The topological polar surface area (TPSA) is 99.0 Å². The van der Waals surface area contributed by atoms with Gasteiger partial charge in [0.25, 0.3) is 0 Å². The number of aromatic nitrogens is 3. The summed E-state index contributed by atoms with van der Waals surface area (Å²) in [6.07, 6.45) is 1.36. The molecular formula is C11H12BrN5O2. The van der Waals surface area contributed by atoms with Crippen LogP contribution in [0.1, 0.15) is 5.56 Å². The summed E-state index contributed by atoms with van der Waals surface area (Å²) in [5.41, 5.74) is 6.76. The van der Waals surface area contributed by atoms with Crippen molar-refractivity contribution < 1.29 is 9.47 Å². The second-order valence-electron chi connectivity index (χ2n) is 3.69. The maximum Gasteiger partial charge on any atom is 0.149 e. The van der Waals surface area contributed by atoms with Gasteiger partial charge in [0.05, 0.1) is 24.2 Å². The number of nitrogens with two attached hydrogens (primary N) is 1. The predicted molar refractivity (Wildman–Crippen MR) is 72.2 cm³/mol. The Morgan fingerprint density at radius 2 is 2.26 bits per heavy atom. The third kappa shape index (κ3) is 2.53. The molecule has 2 aromatic heterocycles. The van der Waals surface area contributed by atoms with Gasteiger partial charge in [0.1, 0.15) is 35.2 Å². The molecule has 0 spiro atoms. The Bertz CT molecular complexity index is 634. The van der Waals surface area contributed by atoms with Crippen molar-refractivity contribution in [3.63, 3.8) is 0 Å². The zero-order valence-electron chi connectivity index (χ0n) is 10.3. The summed E-state index contributed by atoms with van der Waals surface area (Å²) >= 11 is 3.36. The molecule has 2 rings (SSSR count). The van der Waals surface area contributed by atoms with Gasteiger partial charge < -0.3 is 15.2 Å². The second-order valence-corrected chi connectivity index (χ2v) is 4.44. The van der Waals surface area contributed by atoms with E-state index in [0.29, 0.717) is 34.4 Å². The highest BCUT2D eigenvalue weighted by Gasteiger charge is 2.18. The Labute approximate surface area is 118 Å². The third-order valence-electron chi connectivity index (χ3n) is 2.57. The fourth-order valence-corrected chi connectivity index (χ4v) is 2.24. The van der Waals surface area contributed by atoms with Gasteiger partial charge in [-0.05, 0) is 15.9 Å². The first kappa shape index (κ1) is 13.7. The van der Waals surface area contributed by atoms with Crippen LogP contribution in [-0.4, -0.2) is 34.9 Å². The Morgan fingerprint density at radius 3 is 2.95 bits per heavy atom. The summed E-state index contributed by atoms with van der Waals surface area (Å²) in [6.45, 7) is 1.20. The zero-order chi connectivity index (χ0) is 13.8. The summed E-state index contributed by atoms with van der Waals surface area (Å²) in [6, 6.07) is 2.09. The van der Waals surface area contributed by atoms with Crippen molar-refractivity contribution in [3.05, 3.63) is 16.5 Å². The molecule has 2 heterocycles. The lowest BCUT2D eigenvalue weighted by Crippen LogP contribution is -2.08. The van der Waals surface area contributed by atoms with E-state index in [9.17, 15) is 5.26 Å². The van der Waals surface area contributed by atoms with E-state index in [4.69, 9.17) is 15.2 Å². The lowest BCUT2D eigenvalue weighted by atomic mass is 10.2. The van der Waals surface area contributed by atoms with Gasteiger partial charge in [0.2, 0.25) is 0 Å². The monoisotopic (exact) mass is 325 g/mol. The molecule has 0 saturated heterocycles. The molecule has 100 valence electrons. The zero-order valence-corrected chi connectivity index (χ0v) is 11.8. The number of anilines is 1. The number of fused-ring (bicyclic) bond motifs is 1. The van der Waals surface area contributed by atoms with Crippen molar-refractivity contribution >= 4 is 32.8 Å². The number of methoxy groups -OCH3 is 1. The van der Waals surface area contributed by atoms with E-state index in [-0.39, 0.29) is 12.5 Å². The Hall–Kier alpha value is -1.69. The fraction of sp³-hybridized carbons (Fsp3) is 0.364. The van der Waals surface area contributed by atoms with Gasteiger partial charge in [-0.3, -0.25) is 4.57 Å². The van der Waals surface area contributed by atoms with Crippen LogP contribution in [0.2, 0.25) is 0 Å². The minimum Gasteiger partial charge on any atom is -0.383 e. The lowest BCUT2D eigenvalue weighted by Gasteiger charge is -2.07. The van der Waals surface area contributed by atoms with E-state index in [2.05, 4.69) is 32.0 Å². The van der Waals surface area contributed by atoms with E-state index in [1.165, 1.54) is 6.33 Å². The SMILES string of the molecule is COCCOCn1c(Br)c(C#N)c2c(N)ncnc21. The molecule has 0 aromatic carbocycles. The first-order chi connectivity index (χ1) is 9.20. The van der Waals surface area contributed by atoms with Crippen LogP contribution in [0.3, 0.4) is 0 Å². The highest BCUT2D eigenvalue weighted by atomic mass is 79.9. The van der Waals surface area contributed by atoms with Crippen LogP contribution in [0.4, 0.5) is 5.82 Å². The first-order valence-electron chi connectivity index (χ1n) is 5.45. The number of hydrogen-bond donors (Lipinski definition) is 1. The average Bonchev–Trinajstić information content (AvgIpc) is 2.68. The molecule has 7 nitrogen and oxygen atoms in total. The molecule has 0 aliphatic carbocycles. The average molecular weight is 326 g/mol. The molecule has 2 aromatic rings. The summed E-state index contributed by atoms with van der Waals surface area (Å²) in [5, 5.41) is 9.73. The molecule has 19 heavy (non-hydrogen) atoms. The Balaban J connectivity index is 2.41. The van der Waals surface area contributed by atoms with Gasteiger partial charge in [0, 0.05) is 7.11 Å². The standard InChI is InChI=1S/C11H12BrN5O2/c1-18-2-3-19-6-17-9(12)7(4-13)8-10(14)15-5-16-11(8)17/h5H,2-3,6H2,1H3,(H2,14,15,16). The Morgan fingerprint density at radius 1 is 1.47 bits per heavy atom. The quantitative estimate of drug-likeness (QED) is 0.831. The molecule has 0 amide bonds. The molecule has 0 bridgehead atoms. The summed E-state index contributed by atoms with van der Waals surface area (Å²) in [5.74, 6) is 0.276. The van der Waals surface area contributed by atoms with Gasteiger partial charge >= 0.3 is 0 Å². The number of hydrogen-bond acceptors (Lipinski definition) is 6. The number of rotatable bonds is 5. The van der Waals surface area contributed by atoms with Gasteiger partial charge in [0.15, 0.2) is 0 Å². The van der Waals surface area contributed by atoms with Crippen LogP contribution in [0.5, 0.6) is 0 Å². The molecule has 8 heteroatoms. The van der Waals surface area contributed by atoms with Gasteiger partial charge in [-0.25, -0.2) is 9.97 Å². The molecule has 2 N–H and O–H groups in total. The molecule has 0 aliphatic heterocycles. The van der Waals surface area contributed by atoms with Crippen LogP contribution < -0.4 is 5.73 Å². The van der Waals surface area contributed by atoms with Crippen LogP contribution in [0.15, 0.2) is 10.9 Å².